The van der Waals surface area contributed by atoms with Crippen LogP contribution in [0.5, 0.6) is 0 Å². The van der Waals surface area contributed by atoms with E-state index in [2.05, 4.69) is 9.36 Å². The van der Waals surface area contributed by atoms with Crippen LogP contribution in [-0.4, -0.2) is 21.6 Å². The molecule has 0 aliphatic heterocycles. The molecule has 0 aliphatic rings. The van der Waals surface area contributed by atoms with Gasteiger partial charge in [-0.25, -0.2) is 4.98 Å². The lowest BCUT2D eigenvalue weighted by atomic mass is 10.3. The zero-order chi connectivity index (χ0) is 12.3. The summed E-state index contributed by atoms with van der Waals surface area (Å²) in [7, 11) is 1.74. The quantitative estimate of drug-likeness (QED) is 0.782. The van der Waals surface area contributed by atoms with Crippen LogP contribution in [0, 0.1) is 6.92 Å². The molecule has 4 nitrogen and oxygen atoms in total. The Morgan fingerprint density at radius 3 is 2.65 bits per heavy atom. The summed E-state index contributed by atoms with van der Waals surface area (Å²) in [6.45, 7) is 1.87. The fraction of sp³-hybridized carbons (Fsp3) is 0.182. The third kappa shape index (κ3) is 3.04. The highest BCUT2D eigenvalue weighted by molar-refractivity contribution is 8.13. The van der Waals surface area contributed by atoms with Gasteiger partial charge in [-0.1, -0.05) is 18.2 Å². The van der Waals surface area contributed by atoms with Crippen molar-refractivity contribution in [3.63, 3.8) is 0 Å². The molecule has 0 bridgehead atoms. The molecule has 1 heterocycles. The van der Waals surface area contributed by atoms with Gasteiger partial charge in [-0.15, -0.1) is 0 Å². The zero-order valence-corrected chi connectivity index (χ0v) is 11.1. The van der Waals surface area contributed by atoms with Crippen LogP contribution >= 0.6 is 23.3 Å². The molecule has 0 aliphatic carbocycles. The number of benzene rings is 1. The number of aromatic nitrogens is 2. The Morgan fingerprint density at radius 2 is 2.06 bits per heavy atom. The number of hydrogen-bond acceptors (Lipinski definition) is 5. The Kier molecular flexibility index (Phi) is 3.75. The molecule has 0 saturated heterocycles. The number of amides is 1. The second-order valence-corrected chi connectivity index (χ2v) is 5.23. The molecule has 2 aromatic rings. The topological polar surface area (TPSA) is 46.1 Å². The molecule has 0 radical (unpaired) electrons. The molecule has 0 spiro atoms. The highest BCUT2D eigenvalue weighted by Crippen LogP contribution is 2.22. The molecule has 0 N–H and O–H groups in total. The molecule has 0 fully saturated rings. The second-order valence-electron chi connectivity index (χ2n) is 3.36. The molecular weight excluding hydrogens is 254 g/mol. The van der Waals surface area contributed by atoms with E-state index in [1.165, 1.54) is 11.5 Å². The van der Waals surface area contributed by atoms with E-state index in [1.807, 2.05) is 37.3 Å². The number of rotatable bonds is 2. The lowest BCUT2D eigenvalue weighted by Crippen LogP contribution is -2.21. The maximum atomic E-state index is 11.9. The normalized spacial score (nSPS) is 10.2. The molecule has 2 rings (SSSR count). The second kappa shape index (κ2) is 5.29. The first kappa shape index (κ1) is 12.1. The summed E-state index contributed by atoms with van der Waals surface area (Å²) in [6, 6.07) is 9.49. The van der Waals surface area contributed by atoms with E-state index in [1.54, 1.807) is 11.9 Å². The van der Waals surface area contributed by atoms with Gasteiger partial charge in [0.05, 0.1) is 0 Å². The summed E-state index contributed by atoms with van der Waals surface area (Å²) in [4.78, 5) is 17.7. The summed E-state index contributed by atoms with van der Waals surface area (Å²) in [5.74, 6) is 0. The van der Waals surface area contributed by atoms with E-state index >= 15 is 0 Å². The van der Waals surface area contributed by atoms with Crippen molar-refractivity contribution >= 4 is 34.2 Å². The fourth-order valence-electron chi connectivity index (χ4n) is 1.23. The van der Waals surface area contributed by atoms with Crippen molar-refractivity contribution in [2.75, 3.05) is 11.9 Å². The van der Waals surface area contributed by atoms with Crippen molar-refractivity contribution in [1.29, 1.82) is 0 Å². The Hall–Kier alpha value is -1.40. The van der Waals surface area contributed by atoms with Gasteiger partial charge in [0.15, 0.2) is 0 Å². The van der Waals surface area contributed by atoms with Gasteiger partial charge in [0.2, 0.25) is 5.16 Å². The minimum Gasteiger partial charge on any atom is -0.306 e. The van der Waals surface area contributed by atoms with Crippen LogP contribution in [-0.2, 0) is 0 Å². The van der Waals surface area contributed by atoms with Crippen molar-refractivity contribution in [2.45, 2.75) is 12.1 Å². The molecule has 1 amide bonds. The van der Waals surface area contributed by atoms with E-state index < -0.39 is 0 Å². The minimum absolute atomic E-state index is 0.0889. The Bertz CT molecular complexity index is 512. The number of hydrogen-bond donors (Lipinski definition) is 0. The summed E-state index contributed by atoms with van der Waals surface area (Å²) in [6.07, 6.45) is 0. The summed E-state index contributed by atoms with van der Waals surface area (Å²) in [5, 5.41) is 1.29. The van der Waals surface area contributed by atoms with Crippen LogP contribution < -0.4 is 4.90 Å². The third-order valence-electron chi connectivity index (χ3n) is 2.10. The van der Waals surface area contributed by atoms with E-state index in [4.69, 9.17) is 0 Å². The lowest BCUT2D eigenvalue weighted by Gasteiger charge is -2.15. The van der Waals surface area contributed by atoms with Crippen LogP contribution in [0.25, 0.3) is 0 Å². The van der Waals surface area contributed by atoms with Gasteiger partial charge < -0.3 is 4.90 Å². The number of nitrogens with zero attached hydrogens (tertiary/aromatic N) is 3. The average molecular weight is 265 g/mol. The first-order valence-electron chi connectivity index (χ1n) is 4.98. The van der Waals surface area contributed by atoms with Crippen molar-refractivity contribution in [1.82, 2.24) is 9.36 Å². The van der Waals surface area contributed by atoms with E-state index in [0.29, 0.717) is 5.16 Å². The largest absolute Gasteiger partial charge is 0.306 e. The van der Waals surface area contributed by atoms with Crippen molar-refractivity contribution < 1.29 is 4.79 Å². The molecule has 1 aromatic heterocycles. The van der Waals surface area contributed by atoms with Crippen molar-refractivity contribution in [3.05, 3.63) is 35.3 Å². The summed E-state index contributed by atoms with van der Waals surface area (Å²) in [5.41, 5.74) is 0.858. The maximum absolute atomic E-state index is 11.9. The third-order valence-corrected chi connectivity index (χ3v) is 3.65. The van der Waals surface area contributed by atoms with E-state index in [-0.39, 0.29) is 5.24 Å². The molecule has 88 valence electrons. The Morgan fingerprint density at radius 1 is 1.35 bits per heavy atom. The fourth-order valence-corrected chi connectivity index (χ4v) is 2.50. The highest BCUT2D eigenvalue weighted by Gasteiger charge is 2.14. The standard InChI is InChI=1S/C11H11N3OS2/c1-8-12-10(13-17-8)16-11(15)14(2)9-6-4-3-5-7-9/h3-7H,1-2H3. The Labute approximate surface area is 108 Å². The summed E-state index contributed by atoms with van der Waals surface area (Å²) < 4.78 is 4.08. The molecular formula is C11H11N3OS2. The smallest absolute Gasteiger partial charge is 0.293 e. The van der Waals surface area contributed by atoms with E-state index in [0.717, 1.165) is 22.5 Å². The minimum atomic E-state index is -0.0889. The maximum Gasteiger partial charge on any atom is 0.293 e. The van der Waals surface area contributed by atoms with Gasteiger partial charge >= 0.3 is 0 Å². The van der Waals surface area contributed by atoms with Crippen LogP contribution in [0.15, 0.2) is 35.5 Å². The summed E-state index contributed by atoms with van der Waals surface area (Å²) >= 11 is 2.34. The first-order valence-corrected chi connectivity index (χ1v) is 6.56. The van der Waals surface area contributed by atoms with E-state index in [9.17, 15) is 4.79 Å². The number of aryl methyl sites for hydroxylation is 1. The molecule has 0 unspecified atom stereocenters. The molecule has 1 aromatic carbocycles. The van der Waals surface area contributed by atoms with Crippen LogP contribution in [0.4, 0.5) is 10.5 Å². The van der Waals surface area contributed by atoms with Crippen LogP contribution in [0.2, 0.25) is 0 Å². The monoisotopic (exact) mass is 265 g/mol. The van der Waals surface area contributed by atoms with Gasteiger partial charge in [-0.2, -0.15) is 4.37 Å². The lowest BCUT2D eigenvalue weighted by molar-refractivity contribution is 0.266. The predicted molar refractivity (Wildman–Crippen MR) is 70.7 cm³/mol. The number of carbonyl (C=O) groups is 1. The molecule has 0 saturated carbocycles. The van der Waals surface area contributed by atoms with Gasteiger partial charge in [0.1, 0.15) is 5.01 Å². The van der Waals surface area contributed by atoms with Crippen LogP contribution in [0.3, 0.4) is 0 Å². The average Bonchev–Trinajstić information content (AvgIpc) is 2.75. The van der Waals surface area contributed by atoms with Crippen molar-refractivity contribution in [2.24, 2.45) is 0 Å². The number of carbonyl (C=O) groups excluding carboxylic acids is 1. The SMILES string of the molecule is Cc1nc(SC(=O)N(C)c2ccccc2)ns1. The number of para-hydroxylation sites is 1. The predicted octanol–water partition coefficient (Wildman–Crippen LogP) is 3.20. The number of thioether (sulfide) groups is 1. The first-order chi connectivity index (χ1) is 8.16. The van der Waals surface area contributed by atoms with Gasteiger partial charge in [0.25, 0.3) is 5.24 Å². The molecule has 17 heavy (non-hydrogen) atoms. The number of anilines is 1. The van der Waals surface area contributed by atoms with Crippen molar-refractivity contribution in [3.8, 4) is 0 Å². The van der Waals surface area contributed by atoms with Gasteiger partial charge in [-0.3, -0.25) is 4.79 Å². The highest BCUT2D eigenvalue weighted by atomic mass is 32.2. The Balaban J connectivity index is 2.06. The van der Waals surface area contributed by atoms with Gasteiger partial charge in [0, 0.05) is 24.5 Å². The molecule has 6 heteroatoms. The molecule has 0 atom stereocenters. The zero-order valence-electron chi connectivity index (χ0n) is 9.45. The van der Waals surface area contributed by atoms with Crippen LogP contribution in [0.1, 0.15) is 5.01 Å². The van der Waals surface area contributed by atoms with Gasteiger partial charge in [-0.05, 0) is 30.6 Å².